The van der Waals surface area contributed by atoms with Crippen LogP contribution in [-0.2, 0) is 0 Å². The number of rotatable bonds is 1. The van der Waals surface area contributed by atoms with Gasteiger partial charge in [0.2, 0.25) is 0 Å². The van der Waals surface area contributed by atoms with Crippen molar-refractivity contribution < 1.29 is 5.11 Å². The number of nitrogens with one attached hydrogen (secondary N) is 2. The smallest absolute Gasteiger partial charge is 0.348 e. The second kappa shape index (κ2) is 3.32. The third-order valence-corrected chi connectivity index (χ3v) is 2.17. The Bertz CT molecular complexity index is 583. The maximum atomic E-state index is 11.2. The van der Waals surface area contributed by atoms with Crippen molar-refractivity contribution in [1.29, 1.82) is 0 Å². The number of hydrogen-bond acceptors (Lipinski definition) is 3. The highest BCUT2D eigenvalue weighted by Gasteiger charge is 2.07. The lowest BCUT2D eigenvalue weighted by atomic mass is 10.3. The molecular formula is C8H6ClN3O3. The van der Waals surface area contributed by atoms with Crippen LogP contribution in [0.15, 0.2) is 27.8 Å². The number of aromatic amines is 2. The van der Waals surface area contributed by atoms with Gasteiger partial charge in [0.1, 0.15) is 5.75 Å². The number of H-pyrrole nitrogens is 2. The predicted octanol–water partition coefficient (Wildman–Crippen LogP) is 0.213. The van der Waals surface area contributed by atoms with Gasteiger partial charge < -0.3 is 5.11 Å². The Labute approximate surface area is 87.7 Å². The zero-order chi connectivity index (χ0) is 11.0. The van der Waals surface area contributed by atoms with Crippen LogP contribution in [0.2, 0.25) is 5.02 Å². The second-order valence-corrected chi connectivity index (χ2v) is 3.24. The molecule has 0 fully saturated rings. The largest absolute Gasteiger partial charge is 0.506 e. The molecule has 1 aromatic heterocycles. The van der Waals surface area contributed by atoms with Crippen molar-refractivity contribution in [2.24, 2.45) is 0 Å². The first kappa shape index (κ1) is 9.60. The predicted molar refractivity (Wildman–Crippen MR) is 53.7 cm³/mol. The minimum absolute atomic E-state index is 0.0694. The summed E-state index contributed by atoms with van der Waals surface area (Å²) in [6.45, 7) is 0. The molecule has 15 heavy (non-hydrogen) atoms. The summed E-state index contributed by atoms with van der Waals surface area (Å²) < 4.78 is 0.866. The van der Waals surface area contributed by atoms with E-state index in [-0.39, 0.29) is 16.5 Å². The zero-order valence-corrected chi connectivity index (χ0v) is 8.08. The van der Waals surface area contributed by atoms with Crippen LogP contribution >= 0.6 is 11.6 Å². The summed E-state index contributed by atoms with van der Waals surface area (Å²) in [6.07, 6.45) is 0. The summed E-state index contributed by atoms with van der Waals surface area (Å²) in [4.78, 5) is 22.4. The van der Waals surface area contributed by atoms with Crippen LogP contribution in [0.1, 0.15) is 0 Å². The third-order valence-electron chi connectivity index (χ3n) is 1.87. The van der Waals surface area contributed by atoms with Crippen LogP contribution in [0.4, 0.5) is 0 Å². The highest BCUT2D eigenvalue weighted by atomic mass is 35.5. The molecule has 6 nitrogen and oxygen atoms in total. The van der Waals surface area contributed by atoms with E-state index in [9.17, 15) is 9.59 Å². The Morgan fingerprint density at radius 2 is 1.80 bits per heavy atom. The molecule has 78 valence electrons. The van der Waals surface area contributed by atoms with Gasteiger partial charge in [-0.1, -0.05) is 11.6 Å². The van der Waals surface area contributed by atoms with Crippen molar-refractivity contribution >= 4 is 11.6 Å². The lowest BCUT2D eigenvalue weighted by Gasteiger charge is -2.00. The van der Waals surface area contributed by atoms with Crippen LogP contribution < -0.4 is 11.4 Å². The highest BCUT2D eigenvalue weighted by molar-refractivity contribution is 6.32. The lowest BCUT2D eigenvalue weighted by molar-refractivity contribution is 0.475. The van der Waals surface area contributed by atoms with Crippen LogP contribution in [0.25, 0.3) is 5.69 Å². The first-order valence-corrected chi connectivity index (χ1v) is 4.36. The maximum Gasteiger partial charge on any atom is 0.348 e. The molecule has 1 aromatic carbocycles. The fourth-order valence-corrected chi connectivity index (χ4v) is 1.36. The normalized spacial score (nSPS) is 10.5. The molecule has 0 radical (unpaired) electrons. The number of phenols is 1. The van der Waals surface area contributed by atoms with Crippen LogP contribution in [0.3, 0.4) is 0 Å². The molecule has 0 aliphatic rings. The number of benzene rings is 1. The SMILES string of the molecule is O=c1[nH][nH]c(=O)n1-c1ccc(O)c(Cl)c1. The van der Waals surface area contributed by atoms with Crippen molar-refractivity contribution in [3.63, 3.8) is 0 Å². The molecule has 0 aliphatic heterocycles. The summed E-state index contributed by atoms with van der Waals surface area (Å²) in [6, 6.07) is 4.03. The minimum atomic E-state index is -0.596. The third kappa shape index (κ3) is 1.55. The fourth-order valence-electron chi connectivity index (χ4n) is 1.18. The molecule has 0 saturated carbocycles. The van der Waals surface area contributed by atoms with Crippen LogP contribution in [0.5, 0.6) is 5.75 Å². The summed E-state index contributed by atoms with van der Waals surface area (Å²) in [5, 5.41) is 13.5. The van der Waals surface area contributed by atoms with Gasteiger partial charge in [-0.2, -0.15) is 0 Å². The first-order valence-electron chi connectivity index (χ1n) is 3.98. The molecule has 0 unspecified atom stereocenters. The number of aromatic nitrogens is 3. The molecule has 0 amide bonds. The molecule has 2 aromatic rings. The molecule has 2 rings (SSSR count). The van der Waals surface area contributed by atoms with Gasteiger partial charge >= 0.3 is 11.4 Å². The van der Waals surface area contributed by atoms with Crippen molar-refractivity contribution in [2.45, 2.75) is 0 Å². The molecule has 0 atom stereocenters. The van der Waals surface area contributed by atoms with E-state index in [4.69, 9.17) is 16.7 Å². The van der Waals surface area contributed by atoms with Gasteiger partial charge in [0.05, 0.1) is 10.7 Å². The number of phenolic OH excluding ortho intramolecular Hbond substituents is 1. The quantitative estimate of drug-likeness (QED) is 0.651. The molecule has 0 saturated heterocycles. The Morgan fingerprint density at radius 1 is 1.20 bits per heavy atom. The highest BCUT2D eigenvalue weighted by Crippen LogP contribution is 2.24. The molecule has 0 aliphatic carbocycles. The minimum Gasteiger partial charge on any atom is -0.506 e. The topological polar surface area (TPSA) is 90.9 Å². The van der Waals surface area contributed by atoms with E-state index in [1.165, 1.54) is 18.2 Å². The van der Waals surface area contributed by atoms with Crippen molar-refractivity contribution in [3.8, 4) is 11.4 Å². The summed E-state index contributed by atoms with van der Waals surface area (Å²) in [7, 11) is 0. The molecule has 0 spiro atoms. The molecule has 0 bridgehead atoms. The van der Waals surface area contributed by atoms with Crippen molar-refractivity contribution in [2.75, 3.05) is 0 Å². The van der Waals surface area contributed by atoms with Gasteiger partial charge in [0, 0.05) is 0 Å². The van der Waals surface area contributed by atoms with Crippen LogP contribution in [0, 0.1) is 0 Å². The summed E-state index contributed by atoms with van der Waals surface area (Å²) in [5.74, 6) is -0.111. The second-order valence-electron chi connectivity index (χ2n) is 2.83. The maximum absolute atomic E-state index is 11.2. The Balaban J connectivity index is 2.70. The van der Waals surface area contributed by atoms with Gasteiger partial charge in [-0.15, -0.1) is 0 Å². The van der Waals surface area contributed by atoms with Gasteiger partial charge in [0.15, 0.2) is 0 Å². The number of hydrogen-bond donors (Lipinski definition) is 3. The monoisotopic (exact) mass is 227 g/mol. The Kier molecular flexibility index (Phi) is 2.12. The fraction of sp³-hybridized carbons (Fsp3) is 0. The van der Waals surface area contributed by atoms with E-state index < -0.39 is 11.4 Å². The standard InChI is InChI=1S/C8H6ClN3O3/c9-5-3-4(1-2-6(5)13)12-7(14)10-11-8(12)15/h1-3,13H,(H,10,14)(H,11,15). The van der Waals surface area contributed by atoms with Crippen LogP contribution in [-0.4, -0.2) is 19.9 Å². The van der Waals surface area contributed by atoms with Gasteiger partial charge in [-0.05, 0) is 18.2 Å². The van der Waals surface area contributed by atoms with E-state index >= 15 is 0 Å². The van der Waals surface area contributed by atoms with Gasteiger partial charge in [-0.3, -0.25) is 0 Å². The molecular weight excluding hydrogens is 222 g/mol. The van der Waals surface area contributed by atoms with Gasteiger partial charge in [0.25, 0.3) is 0 Å². The van der Waals surface area contributed by atoms with E-state index in [0.29, 0.717) is 0 Å². The summed E-state index contributed by atoms with van der Waals surface area (Å²) in [5.41, 5.74) is -0.909. The zero-order valence-electron chi connectivity index (χ0n) is 7.32. The van der Waals surface area contributed by atoms with E-state index in [0.717, 1.165) is 4.57 Å². The lowest BCUT2D eigenvalue weighted by Crippen LogP contribution is -2.24. The summed E-state index contributed by atoms with van der Waals surface area (Å²) >= 11 is 5.65. The number of halogens is 1. The number of aromatic hydroxyl groups is 1. The van der Waals surface area contributed by atoms with E-state index in [1.807, 2.05) is 0 Å². The van der Waals surface area contributed by atoms with E-state index in [1.54, 1.807) is 0 Å². The van der Waals surface area contributed by atoms with E-state index in [2.05, 4.69) is 10.2 Å². The average molecular weight is 228 g/mol. The van der Waals surface area contributed by atoms with Crippen molar-refractivity contribution in [1.82, 2.24) is 14.8 Å². The number of nitrogens with zero attached hydrogens (tertiary/aromatic N) is 1. The average Bonchev–Trinajstić information content (AvgIpc) is 2.52. The Hall–Kier alpha value is -1.95. The molecule has 3 N–H and O–H groups in total. The first-order chi connectivity index (χ1) is 7.09. The molecule has 7 heteroatoms. The molecule has 1 heterocycles. The van der Waals surface area contributed by atoms with Gasteiger partial charge in [-0.25, -0.2) is 24.4 Å². The van der Waals surface area contributed by atoms with Crippen molar-refractivity contribution in [3.05, 3.63) is 44.2 Å². The Morgan fingerprint density at radius 3 is 2.33 bits per heavy atom.